The molecule has 0 aromatic carbocycles. The first kappa shape index (κ1) is 18.9. The highest BCUT2D eigenvalue weighted by atomic mass is 127. The Hall–Kier alpha value is -0.500. The van der Waals surface area contributed by atoms with Crippen molar-refractivity contribution in [3.8, 4) is 0 Å². The Morgan fingerprint density at radius 2 is 2.06 bits per heavy atom. The van der Waals surface area contributed by atoms with E-state index in [2.05, 4.69) is 18.0 Å². The lowest BCUT2D eigenvalue weighted by Gasteiger charge is -2.03. The molecule has 3 N–H and O–H groups in total. The summed E-state index contributed by atoms with van der Waals surface area (Å²) in [6.07, 6.45) is 3.42. The first-order valence-corrected chi connectivity index (χ1v) is 6.70. The molecule has 0 rings (SSSR count). The molecule has 0 atom stereocenters. The molecule has 0 aliphatic carbocycles. The number of hydrogen-bond acceptors (Lipinski definition) is 3. The van der Waals surface area contributed by atoms with Crippen molar-refractivity contribution in [2.75, 3.05) is 12.4 Å². The summed E-state index contributed by atoms with van der Waals surface area (Å²) in [7, 11) is 0. The molecule has 0 radical (unpaired) electrons. The zero-order valence-corrected chi connectivity index (χ0v) is 12.9. The largest absolute Gasteiger partial charge is 0.413 e. The lowest BCUT2D eigenvalue weighted by atomic mass is 10.3. The minimum absolute atomic E-state index is 0.0833. The summed E-state index contributed by atoms with van der Waals surface area (Å²) in [5, 5.41) is 2.64. The number of primary amides is 1. The summed E-state index contributed by atoms with van der Waals surface area (Å²) in [6, 6.07) is 0. The summed E-state index contributed by atoms with van der Waals surface area (Å²) in [5.74, 6) is -0.563. The van der Waals surface area contributed by atoms with Crippen molar-refractivity contribution < 1.29 is 14.3 Å². The summed E-state index contributed by atoms with van der Waals surface area (Å²) in [5.41, 5.74) is 4.52. The van der Waals surface area contributed by atoms with Crippen LogP contribution in [0.1, 0.15) is 26.7 Å². The number of alkyl carbamates (subject to hydrolysis) is 1. The number of halogens is 2. The Labute approximate surface area is 120 Å². The van der Waals surface area contributed by atoms with Gasteiger partial charge < -0.3 is 15.8 Å². The Balaban J connectivity index is 0. The molecule has 7 heteroatoms. The minimum atomic E-state index is -0.480. The zero-order chi connectivity index (χ0) is 13.7. The summed E-state index contributed by atoms with van der Waals surface area (Å²) < 4.78 is 5.44. The van der Waals surface area contributed by atoms with Gasteiger partial charge in [-0.1, -0.05) is 13.3 Å². The molecule has 0 saturated heterocycles. The summed E-state index contributed by atoms with van der Waals surface area (Å²) in [6.45, 7) is 4.58. The highest BCUT2D eigenvalue weighted by Gasteiger charge is 2.01. The van der Waals surface area contributed by atoms with Gasteiger partial charge in [-0.3, -0.25) is 4.79 Å². The number of nitrogens with two attached hydrogens (primary N) is 1. The molecule has 0 aromatic rings. The third kappa shape index (κ3) is 18.1. The van der Waals surface area contributed by atoms with E-state index in [1.54, 1.807) is 6.08 Å². The van der Waals surface area contributed by atoms with Crippen molar-refractivity contribution in [2.24, 2.45) is 5.73 Å². The molecule has 0 aliphatic heterocycles. The molecule has 0 saturated carbocycles. The van der Waals surface area contributed by atoms with Gasteiger partial charge in [0.05, 0.1) is 0 Å². The number of carbonyl (C=O) groups excluding carboxylic acids is 2. The van der Waals surface area contributed by atoms with Gasteiger partial charge in [-0.25, -0.2) is 4.79 Å². The molecule has 17 heavy (non-hydrogen) atoms. The van der Waals surface area contributed by atoms with E-state index >= 15 is 0 Å². The standard InChI is InChI=1S/C8H14INO2.C2H4ClNO/c1-3-5-6-10-8(11)12-7(9)4-2;3-1-2(4)5/h4H,3,5-6H2,1-2H3,(H,10,11);1H2,(H2,4,5). The number of ether oxygens (including phenoxy) is 1. The number of amides is 2. The third-order valence-electron chi connectivity index (χ3n) is 1.35. The molecule has 2 amide bonds. The average molecular weight is 377 g/mol. The summed E-state index contributed by atoms with van der Waals surface area (Å²) >= 11 is 6.82. The first-order chi connectivity index (χ1) is 7.97. The lowest BCUT2D eigenvalue weighted by molar-refractivity contribution is -0.115. The topological polar surface area (TPSA) is 81.4 Å². The van der Waals surface area contributed by atoms with E-state index in [4.69, 9.17) is 16.3 Å². The Morgan fingerprint density at radius 3 is 2.41 bits per heavy atom. The number of carbonyl (C=O) groups is 2. The molecule has 0 spiro atoms. The molecule has 0 aliphatic rings. The van der Waals surface area contributed by atoms with Crippen LogP contribution in [0.5, 0.6) is 0 Å². The van der Waals surface area contributed by atoms with Gasteiger partial charge in [0, 0.05) is 6.54 Å². The lowest BCUT2D eigenvalue weighted by Crippen LogP contribution is -2.24. The van der Waals surface area contributed by atoms with Gasteiger partial charge in [0.1, 0.15) is 5.88 Å². The van der Waals surface area contributed by atoms with E-state index in [0.717, 1.165) is 12.8 Å². The van der Waals surface area contributed by atoms with Crippen molar-refractivity contribution in [1.29, 1.82) is 0 Å². The smallest absolute Gasteiger partial charge is 0.404 e. The second-order valence-corrected chi connectivity index (χ2v) is 4.19. The zero-order valence-electron chi connectivity index (χ0n) is 9.96. The fourth-order valence-electron chi connectivity index (χ4n) is 0.551. The van der Waals surface area contributed by atoms with Crippen LogP contribution in [0.2, 0.25) is 0 Å². The van der Waals surface area contributed by atoms with Crippen molar-refractivity contribution in [2.45, 2.75) is 26.7 Å². The molecule has 0 heterocycles. The molecule has 100 valence electrons. The normalized spacial score (nSPS) is 10.0. The second-order valence-electron chi connectivity index (χ2n) is 2.86. The van der Waals surface area contributed by atoms with E-state index in [9.17, 15) is 9.59 Å². The van der Waals surface area contributed by atoms with Crippen LogP contribution in [0.4, 0.5) is 4.79 Å². The van der Waals surface area contributed by atoms with E-state index in [-0.39, 0.29) is 12.0 Å². The van der Waals surface area contributed by atoms with E-state index in [0.29, 0.717) is 10.3 Å². The average Bonchev–Trinajstić information content (AvgIpc) is 2.30. The van der Waals surface area contributed by atoms with Crippen LogP contribution in [0.3, 0.4) is 0 Å². The van der Waals surface area contributed by atoms with Gasteiger partial charge in [0.15, 0.2) is 3.77 Å². The predicted octanol–water partition coefficient (Wildman–Crippen LogP) is 2.52. The Morgan fingerprint density at radius 1 is 1.53 bits per heavy atom. The van der Waals surface area contributed by atoms with Crippen molar-refractivity contribution in [1.82, 2.24) is 5.32 Å². The maximum atomic E-state index is 10.9. The van der Waals surface area contributed by atoms with Crippen LogP contribution >= 0.6 is 34.2 Å². The number of nitrogens with one attached hydrogen (secondary N) is 1. The van der Waals surface area contributed by atoms with Gasteiger partial charge in [-0.05, 0) is 42.0 Å². The first-order valence-electron chi connectivity index (χ1n) is 5.09. The highest BCUT2D eigenvalue weighted by molar-refractivity contribution is 14.1. The monoisotopic (exact) mass is 376 g/mol. The number of rotatable bonds is 5. The van der Waals surface area contributed by atoms with Crippen LogP contribution in [-0.4, -0.2) is 24.4 Å². The number of hydrogen-bond donors (Lipinski definition) is 2. The number of allylic oxidation sites excluding steroid dienone is 1. The molecule has 0 bridgehead atoms. The van der Waals surface area contributed by atoms with Crippen LogP contribution in [0, 0.1) is 0 Å². The molecular weight excluding hydrogens is 358 g/mol. The van der Waals surface area contributed by atoms with Gasteiger partial charge in [-0.2, -0.15) is 0 Å². The van der Waals surface area contributed by atoms with Crippen molar-refractivity contribution in [3.63, 3.8) is 0 Å². The van der Waals surface area contributed by atoms with Gasteiger partial charge >= 0.3 is 6.09 Å². The van der Waals surface area contributed by atoms with Gasteiger partial charge in [0.25, 0.3) is 0 Å². The maximum Gasteiger partial charge on any atom is 0.413 e. The quantitative estimate of drug-likeness (QED) is 0.335. The highest BCUT2D eigenvalue weighted by Crippen LogP contribution is 2.06. The fourth-order valence-corrected chi connectivity index (χ4v) is 0.751. The van der Waals surface area contributed by atoms with E-state index in [1.807, 2.05) is 29.5 Å². The SMILES string of the molecule is CC=C(I)OC(=O)NCCCC.NC(=O)CCl. The second kappa shape index (κ2) is 13.6. The van der Waals surface area contributed by atoms with Crippen molar-refractivity contribution in [3.05, 3.63) is 9.84 Å². The maximum absolute atomic E-state index is 10.9. The van der Waals surface area contributed by atoms with Crippen LogP contribution in [-0.2, 0) is 9.53 Å². The minimum Gasteiger partial charge on any atom is -0.404 e. The van der Waals surface area contributed by atoms with E-state index < -0.39 is 5.91 Å². The van der Waals surface area contributed by atoms with Crippen LogP contribution in [0.15, 0.2) is 9.84 Å². The molecule has 0 unspecified atom stereocenters. The third-order valence-corrected chi connectivity index (χ3v) is 2.45. The van der Waals surface area contributed by atoms with E-state index in [1.165, 1.54) is 0 Å². The van der Waals surface area contributed by atoms with Crippen LogP contribution in [0.25, 0.3) is 0 Å². The fraction of sp³-hybridized carbons (Fsp3) is 0.600. The van der Waals surface area contributed by atoms with Gasteiger partial charge in [-0.15, -0.1) is 11.6 Å². The molecule has 0 aromatic heterocycles. The summed E-state index contributed by atoms with van der Waals surface area (Å²) in [4.78, 5) is 20.4. The molecular formula is C10H18ClIN2O3. The molecule has 5 nitrogen and oxygen atoms in total. The van der Waals surface area contributed by atoms with Crippen LogP contribution < -0.4 is 11.1 Å². The van der Waals surface area contributed by atoms with Crippen molar-refractivity contribution >= 4 is 46.2 Å². The van der Waals surface area contributed by atoms with Gasteiger partial charge in [0.2, 0.25) is 5.91 Å². The molecule has 0 fully saturated rings. The predicted molar refractivity (Wildman–Crippen MR) is 77.1 cm³/mol. The number of unbranched alkanes of at least 4 members (excludes halogenated alkanes) is 1. The Bertz CT molecular complexity index is 260. The number of alkyl halides is 1. The Kier molecular flexibility index (Phi) is 15.0.